The summed E-state index contributed by atoms with van der Waals surface area (Å²) in [5.74, 6) is 0.204. The van der Waals surface area contributed by atoms with Crippen molar-refractivity contribution in [2.45, 2.75) is 31.8 Å². The highest BCUT2D eigenvalue weighted by Crippen LogP contribution is 2.23. The number of imidazole rings is 1. The summed E-state index contributed by atoms with van der Waals surface area (Å²) in [5, 5.41) is 18.4. The highest BCUT2D eigenvalue weighted by Gasteiger charge is 2.21. The first-order chi connectivity index (χ1) is 18.0. The lowest BCUT2D eigenvalue weighted by atomic mass is 10.1. The maximum absolute atomic E-state index is 11.6. The number of benzene rings is 1. The van der Waals surface area contributed by atoms with E-state index in [0.717, 1.165) is 45.4 Å². The van der Waals surface area contributed by atoms with E-state index < -0.39 is 5.69 Å². The van der Waals surface area contributed by atoms with Crippen LogP contribution < -0.4 is 26.7 Å². The summed E-state index contributed by atoms with van der Waals surface area (Å²) in [6.07, 6.45) is 6.44. The summed E-state index contributed by atoms with van der Waals surface area (Å²) in [6.45, 7) is 4.72. The van der Waals surface area contributed by atoms with E-state index in [1.54, 1.807) is 16.8 Å². The molecule has 12 nitrogen and oxygen atoms in total. The van der Waals surface area contributed by atoms with E-state index in [1.807, 2.05) is 0 Å². The number of nitrogens with one attached hydrogen (secondary N) is 3. The Hall–Kier alpha value is -4.19. The van der Waals surface area contributed by atoms with Crippen LogP contribution in [0.1, 0.15) is 30.5 Å². The normalized spacial score (nSPS) is 18.0. The number of aromatic amines is 2. The van der Waals surface area contributed by atoms with Gasteiger partial charge in [0.25, 0.3) is 5.62 Å². The molecule has 1 aliphatic carbocycles. The molecule has 0 unspecified atom stereocenters. The number of hydrogen-bond acceptors (Lipinski definition) is 9. The number of H-pyrrole nitrogens is 2. The molecule has 4 aromatic rings. The molecule has 1 aromatic carbocycles. The lowest BCUT2D eigenvalue weighted by Crippen LogP contribution is -2.29. The van der Waals surface area contributed by atoms with Crippen molar-refractivity contribution < 1.29 is 5.11 Å². The molecular formula is C25H30N10O2. The molecule has 3 aromatic heterocycles. The molecular weight excluding hydrogens is 472 g/mol. The van der Waals surface area contributed by atoms with Gasteiger partial charge < -0.3 is 25.2 Å². The second-order valence-electron chi connectivity index (χ2n) is 9.65. The second-order valence-corrected chi connectivity index (χ2v) is 9.65. The van der Waals surface area contributed by atoms with Crippen molar-refractivity contribution in [2.24, 2.45) is 4.99 Å². The molecule has 1 saturated carbocycles. The minimum Gasteiger partial charge on any atom is -0.493 e. The monoisotopic (exact) mass is 502 g/mol. The van der Waals surface area contributed by atoms with E-state index in [2.05, 4.69) is 66.5 Å². The Morgan fingerprint density at radius 2 is 2.03 bits per heavy atom. The predicted molar refractivity (Wildman–Crippen MR) is 139 cm³/mol. The molecule has 192 valence electrons. The molecule has 2 aliphatic rings. The van der Waals surface area contributed by atoms with Crippen molar-refractivity contribution in [1.82, 2.24) is 34.4 Å². The van der Waals surface area contributed by atoms with Crippen molar-refractivity contribution >= 4 is 23.4 Å². The molecule has 6 rings (SSSR count). The summed E-state index contributed by atoms with van der Waals surface area (Å²) in [4.78, 5) is 35.4. The van der Waals surface area contributed by atoms with Crippen LogP contribution in [0, 0.1) is 0 Å². The summed E-state index contributed by atoms with van der Waals surface area (Å²) in [6, 6.07) is 8.69. The topological polar surface area (TPSA) is 143 Å². The fourth-order valence-corrected chi connectivity index (χ4v) is 4.59. The number of aromatic hydroxyl groups is 1. The first kappa shape index (κ1) is 23.2. The molecule has 4 N–H and O–H groups in total. The van der Waals surface area contributed by atoms with Gasteiger partial charge in [-0.1, -0.05) is 18.2 Å². The molecule has 0 amide bonds. The quantitative estimate of drug-likeness (QED) is 0.293. The Morgan fingerprint density at radius 3 is 2.84 bits per heavy atom. The van der Waals surface area contributed by atoms with Crippen LogP contribution in [0.4, 0.5) is 11.6 Å². The van der Waals surface area contributed by atoms with Crippen LogP contribution in [-0.2, 0) is 6.54 Å². The van der Waals surface area contributed by atoms with Crippen LogP contribution in [0.2, 0.25) is 0 Å². The first-order valence-electron chi connectivity index (χ1n) is 12.6. The van der Waals surface area contributed by atoms with Gasteiger partial charge >= 0.3 is 5.69 Å². The zero-order valence-electron chi connectivity index (χ0n) is 20.7. The van der Waals surface area contributed by atoms with Gasteiger partial charge in [-0.15, -0.1) is 0 Å². The van der Waals surface area contributed by atoms with Crippen LogP contribution in [-0.4, -0.2) is 78.8 Å². The summed E-state index contributed by atoms with van der Waals surface area (Å²) < 4.78 is 1.60. The second kappa shape index (κ2) is 9.69. The Kier molecular flexibility index (Phi) is 6.08. The predicted octanol–water partition coefficient (Wildman–Crippen LogP) is 0.211. The third-order valence-electron chi connectivity index (χ3n) is 6.75. The minimum absolute atomic E-state index is 0.240. The SMILES string of the molecule is CN1CCCN(c2ccccc2CNc2nc(=NC3CC3)n3nc/c(=C\c4[nH]c(=O)[nH]c4O)c3n2)CC1. The molecule has 0 bridgehead atoms. The number of likely N-dealkylation sites (N-methyl/N-ethyl adjacent to an activating group) is 1. The third-order valence-corrected chi connectivity index (χ3v) is 6.75. The van der Waals surface area contributed by atoms with E-state index in [0.29, 0.717) is 29.0 Å². The van der Waals surface area contributed by atoms with Gasteiger partial charge in [0.05, 0.1) is 12.2 Å². The Balaban J connectivity index is 1.34. The highest BCUT2D eigenvalue weighted by molar-refractivity contribution is 5.58. The molecule has 4 heterocycles. The molecule has 0 radical (unpaired) electrons. The molecule has 12 heteroatoms. The number of nitrogens with zero attached hydrogens (tertiary/aromatic N) is 7. The van der Waals surface area contributed by atoms with Crippen LogP contribution >= 0.6 is 0 Å². The summed E-state index contributed by atoms with van der Waals surface area (Å²) in [5.41, 5.74) is 3.17. The van der Waals surface area contributed by atoms with Crippen LogP contribution in [0.5, 0.6) is 5.88 Å². The maximum Gasteiger partial charge on any atom is 0.326 e. The lowest BCUT2D eigenvalue weighted by Gasteiger charge is -2.25. The molecule has 1 aliphatic heterocycles. The zero-order valence-corrected chi connectivity index (χ0v) is 20.7. The van der Waals surface area contributed by atoms with Gasteiger partial charge in [0.2, 0.25) is 11.8 Å². The van der Waals surface area contributed by atoms with Gasteiger partial charge in [0, 0.05) is 37.1 Å². The van der Waals surface area contributed by atoms with E-state index in [4.69, 9.17) is 9.98 Å². The Bertz CT molecular complexity index is 1600. The van der Waals surface area contributed by atoms with Crippen LogP contribution in [0.25, 0.3) is 11.7 Å². The van der Waals surface area contributed by atoms with Crippen molar-refractivity contribution in [3.8, 4) is 5.88 Å². The average Bonchev–Trinajstić information content (AvgIpc) is 3.58. The van der Waals surface area contributed by atoms with Crippen LogP contribution in [0.15, 0.2) is 40.2 Å². The number of para-hydroxylation sites is 1. The van der Waals surface area contributed by atoms with E-state index in [-0.39, 0.29) is 17.6 Å². The maximum atomic E-state index is 11.6. The van der Waals surface area contributed by atoms with Gasteiger partial charge in [-0.05, 0) is 50.6 Å². The van der Waals surface area contributed by atoms with Crippen molar-refractivity contribution in [3.05, 3.63) is 63.0 Å². The van der Waals surface area contributed by atoms with Crippen molar-refractivity contribution in [3.63, 3.8) is 0 Å². The smallest absolute Gasteiger partial charge is 0.326 e. The van der Waals surface area contributed by atoms with E-state index in [9.17, 15) is 9.90 Å². The van der Waals surface area contributed by atoms with Gasteiger partial charge in [-0.2, -0.15) is 19.6 Å². The number of fused-ring (bicyclic) bond motifs is 1. The van der Waals surface area contributed by atoms with E-state index in [1.165, 1.54) is 11.3 Å². The molecule has 0 spiro atoms. The summed E-state index contributed by atoms with van der Waals surface area (Å²) >= 11 is 0. The number of rotatable bonds is 6. The molecule has 2 fully saturated rings. The van der Waals surface area contributed by atoms with Gasteiger partial charge in [-0.3, -0.25) is 4.98 Å². The Labute approximate surface area is 212 Å². The molecule has 0 atom stereocenters. The van der Waals surface area contributed by atoms with Gasteiger partial charge in [0.15, 0.2) is 5.65 Å². The fourth-order valence-electron chi connectivity index (χ4n) is 4.59. The highest BCUT2D eigenvalue weighted by atomic mass is 16.3. The Morgan fingerprint density at radius 1 is 1.16 bits per heavy atom. The molecule has 37 heavy (non-hydrogen) atoms. The van der Waals surface area contributed by atoms with Gasteiger partial charge in [0.1, 0.15) is 5.69 Å². The largest absolute Gasteiger partial charge is 0.493 e. The van der Waals surface area contributed by atoms with Crippen molar-refractivity contribution in [1.29, 1.82) is 0 Å². The standard InChI is InChI=1S/C25H30N10O2/c1-33-9-4-10-34(12-11-33)20-6-3-2-5-16(20)14-26-23-30-21-17(13-19-22(36)31-25(37)29-19)15-27-35(21)24(32-23)28-18-7-8-18/h2-3,5-6,13,15,18,36H,4,7-12,14H2,1H3,(H,26,28,32)(H2,29,31,37)/b17-13+. The average molecular weight is 503 g/mol. The third kappa shape index (κ3) is 5.05. The van der Waals surface area contributed by atoms with E-state index >= 15 is 0 Å². The summed E-state index contributed by atoms with van der Waals surface area (Å²) in [7, 11) is 2.17. The number of hydrogen-bond donors (Lipinski definition) is 4. The molecule has 1 saturated heterocycles. The number of aromatic nitrogens is 6. The van der Waals surface area contributed by atoms with Crippen LogP contribution in [0.3, 0.4) is 0 Å². The first-order valence-corrected chi connectivity index (χ1v) is 12.6. The lowest BCUT2D eigenvalue weighted by molar-refractivity contribution is 0.360. The van der Waals surface area contributed by atoms with Crippen molar-refractivity contribution in [2.75, 3.05) is 43.4 Å². The fraction of sp³-hybridized carbons (Fsp3) is 0.400. The zero-order chi connectivity index (χ0) is 25.4. The number of anilines is 2. The minimum atomic E-state index is -0.489. The van der Waals surface area contributed by atoms with Gasteiger partial charge in [-0.25, -0.2) is 9.79 Å².